The molecule has 0 aliphatic carbocycles. The van der Waals surface area contributed by atoms with Gasteiger partial charge in [0.25, 0.3) is 0 Å². The van der Waals surface area contributed by atoms with Gasteiger partial charge in [0, 0.05) is 18.1 Å². The minimum Gasteiger partial charge on any atom is -0.480 e. The molecule has 50 heavy (non-hydrogen) atoms. The van der Waals surface area contributed by atoms with Crippen LogP contribution in [0.25, 0.3) is 0 Å². The van der Waals surface area contributed by atoms with Crippen molar-refractivity contribution in [3.8, 4) is 0 Å². The van der Waals surface area contributed by atoms with Gasteiger partial charge in [-0.1, -0.05) is 13.8 Å². The van der Waals surface area contributed by atoms with Gasteiger partial charge in [0.05, 0.1) is 18.8 Å². The Morgan fingerprint density at radius 1 is 0.680 bits per heavy atom. The van der Waals surface area contributed by atoms with E-state index in [1.165, 1.54) is 13.8 Å². The van der Waals surface area contributed by atoms with Crippen LogP contribution in [0, 0.1) is 5.92 Å². The van der Waals surface area contributed by atoms with Gasteiger partial charge in [0.15, 0.2) is 5.96 Å². The molecule has 0 aromatic heterocycles. The lowest BCUT2D eigenvalue weighted by Gasteiger charge is -2.28. The summed E-state index contributed by atoms with van der Waals surface area (Å²) in [6.07, 6.45) is -1.11. The number of amides is 6. The molecule has 0 rings (SSSR count). The number of guanidine groups is 1. The number of nitrogens with zero attached hydrogens (tertiary/aromatic N) is 1. The minimum absolute atomic E-state index is 0.00416. The number of thiol groups is 2. The summed E-state index contributed by atoms with van der Waals surface area (Å²) in [5.41, 5.74) is 16.4. The summed E-state index contributed by atoms with van der Waals surface area (Å²) in [6.45, 7) is 5.44. The number of hydrogen-bond donors (Lipinski definition) is 14. The minimum atomic E-state index is -1.68. The van der Waals surface area contributed by atoms with Crippen molar-refractivity contribution >= 4 is 72.6 Å². The third-order valence-electron chi connectivity index (χ3n) is 6.82. The molecule has 286 valence electrons. The molecule has 0 fully saturated rings. The second kappa shape index (κ2) is 23.5. The number of nitrogens with one attached hydrogen (secondary N) is 6. The van der Waals surface area contributed by atoms with Crippen LogP contribution in [0.5, 0.6) is 0 Å². The summed E-state index contributed by atoms with van der Waals surface area (Å²) in [7, 11) is 0. The molecule has 0 saturated carbocycles. The first-order valence-electron chi connectivity index (χ1n) is 15.7. The lowest BCUT2D eigenvalue weighted by molar-refractivity contribution is -0.143. The fourth-order valence-electron chi connectivity index (χ4n) is 4.09. The molecule has 0 heterocycles. The molecule has 0 spiro atoms. The van der Waals surface area contributed by atoms with E-state index in [2.05, 4.69) is 56.8 Å². The Hall–Kier alpha value is -3.86. The van der Waals surface area contributed by atoms with Gasteiger partial charge in [-0.25, -0.2) is 4.79 Å². The molecule has 0 saturated heterocycles. The summed E-state index contributed by atoms with van der Waals surface area (Å²) in [6, 6.07) is -9.39. The van der Waals surface area contributed by atoms with Crippen molar-refractivity contribution in [3.05, 3.63) is 0 Å². The molecule has 15 N–H and O–H groups in total. The smallest absolute Gasteiger partial charge is 0.328 e. The highest BCUT2D eigenvalue weighted by Gasteiger charge is 2.34. The largest absolute Gasteiger partial charge is 0.480 e. The van der Waals surface area contributed by atoms with Crippen LogP contribution < -0.4 is 49.1 Å². The normalized spacial score (nSPS) is 15.8. The lowest BCUT2D eigenvalue weighted by atomic mass is 10.0. The van der Waals surface area contributed by atoms with E-state index in [-0.39, 0.29) is 49.2 Å². The number of carbonyl (C=O) groups excluding carboxylic acids is 6. The van der Waals surface area contributed by atoms with Gasteiger partial charge in [-0.3, -0.25) is 33.8 Å². The monoisotopic (exact) mass is 752 g/mol. The summed E-state index contributed by atoms with van der Waals surface area (Å²) < 4.78 is 0. The molecular formula is C28H52N10O10S2. The molecule has 8 atom stereocenters. The number of carbonyl (C=O) groups is 7. The van der Waals surface area contributed by atoms with Gasteiger partial charge in [0.2, 0.25) is 35.4 Å². The molecule has 0 unspecified atom stereocenters. The summed E-state index contributed by atoms with van der Waals surface area (Å²) >= 11 is 8.10. The molecular weight excluding hydrogens is 701 g/mol. The number of nitrogens with two attached hydrogens (primary N) is 3. The first kappa shape index (κ1) is 46.1. The summed E-state index contributed by atoms with van der Waals surface area (Å²) in [5.74, 6) is -7.53. The number of aliphatic imine (C=N–C) groups is 1. The quantitative estimate of drug-likeness (QED) is 0.0201. The van der Waals surface area contributed by atoms with Gasteiger partial charge in [-0.15, -0.1) is 0 Å². The van der Waals surface area contributed by atoms with Gasteiger partial charge >= 0.3 is 5.97 Å². The van der Waals surface area contributed by atoms with Crippen LogP contribution in [-0.2, 0) is 33.6 Å². The highest BCUT2D eigenvalue weighted by atomic mass is 32.1. The standard InChI is InChI=1S/C28H52N10O10S2/c1-12(2)8-16(34-21(41)13(3)29)23(43)33-15(6-5-7-32-28(30)31)22(42)36-19(11-50)25(45)38-20(14(4)40)26(46)37-18(10-49)24(44)35-17(9-39)27(47)48/h12-20,39-40,49-50H,5-11,29H2,1-4H3,(H,33,43)(H,34,41)(H,35,44)(H,36,42)(H,37,46)(H,38,45)(H,47,48)(H4,30,31,32)/t13-,14+,15-,16-,17-,18-,19-,20-/m0/s1. The molecule has 0 bridgehead atoms. The van der Waals surface area contributed by atoms with Crippen molar-refractivity contribution in [1.82, 2.24) is 31.9 Å². The molecule has 0 radical (unpaired) electrons. The Balaban J connectivity index is 5.97. The van der Waals surface area contributed by atoms with E-state index in [9.17, 15) is 38.7 Å². The van der Waals surface area contributed by atoms with Gasteiger partial charge in [-0.05, 0) is 39.0 Å². The first-order chi connectivity index (χ1) is 23.3. The zero-order chi connectivity index (χ0) is 38.7. The van der Waals surface area contributed by atoms with Crippen molar-refractivity contribution in [2.75, 3.05) is 24.7 Å². The molecule has 0 aromatic rings. The van der Waals surface area contributed by atoms with Crippen LogP contribution in [0.1, 0.15) is 47.0 Å². The lowest BCUT2D eigenvalue weighted by Crippen LogP contribution is -2.62. The number of carboxylic acid groups (broad SMARTS) is 1. The van der Waals surface area contributed by atoms with Gasteiger partial charge in [-0.2, -0.15) is 25.3 Å². The summed E-state index contributed by atoms with van der Waals surface area (Å²) in [4.78, 5) is 92.8. The van der Waals surface area contributed by atoms with Crippen LogP contribution in [0.4, 0.5) is 0 Å². The second-order valence-electron chi connectivity index (χ2n) is 11.8. The third-order valence-corrected chi connectivity index (χ3v) is 7.55. The van der Waals surface area contributed by atoms with Crippen molar-refractivity contribution < 1.29 is 48.9 Å². The van der Waals surface area contributed by atoms with Crippen LogP contribution in [0.3, 0.4) is 0 Å². The third kappa shape index (κ3) is 17.2. The van der Waals surface area contributed by atoms with Crippen LogP contribution in [-0.4, -0.2) is 136 Å². The fourth-order valence-corrected chi connectivity index (χ4v) is 4.60. The van der Waals surface area contributed by atoms with Crippen molar-refractivity contribution in [3.63, 3.8) is 0 Å². The Kier molecular flexibility index (Phi) is 21.7. The van der Waals surface area contributed by atoms with E-state index in [1.54, 1.807) is 0 Å². The predicted molar refractivity (Wildman–Crippen MR) is 189 cm³/mol. The molecule has 22 heteroatoms. The Morgan fingerprint density at radius 3 is 1.56 bits per heavy atom. The maximum atomic E-state index is 13.5. The zero-order valence-electron chi connectivity index (χ0n) is 28.4. The van der Waals surface area contributed by atoms with E-state index >= 15 is 0 Å². The fraction of sp³-hybridized carbons (Fsp3) is 0.714. The Bertz CT molecular complexity index is 1200. The number of aliphatic hydroxyl groups is 2. The average Bonchev–Trinajstić information content (AvgIpc) is 3.03. The molecule has 0 aromatic carbocycles. The maximum absolute atomic E-state index is 13.5. The number of hydrogen-bond acceptors (Lipinski definition) is 13. The van der Waals surface area contributed by atoms with Crippen molar-refractivity contribution in [2.45, 2.75) is 95.4 Å². The summed E-state index contributed by atoms with van der Waals surface area (Å²) in [5, 5.41) is 42.6. The Morgan fingerprint density at radius 2 is 1.12 bits per heavy atom. The number of rotatable bonds is 23. The Labute approximate surface area is 301 Å². The van der Waals surface area contributed by atoms with Crippen LogP contribution >= 0.6 is 25.3 Å². The molecule has 20 nitrogen and oxygen atoms in total. The number of carboxylic acids is 1. The van der Waals surface area contributed by atoms with E-state index in [1.807, 2.05) is 19.2 Å². The van der Waals surface area contributed by atoms with E-state index in [4.69, 9.17) is 27.4 Å². The molecule has 6 amide bonds. The highest BCUT2D eigenvalue weighted by Crippen LogP contribution is 2.08. The predicted octanol–water partition coefficient (Wildman–Crippen LogP) is -5.34. The topological polar surface area (TPSA) is 343 Å². The SMILES string of the molecule is CC(C)C[C@H](NC(=O)[C@H](C)N)C(=O)N[C@@H](CCCN=C(N)N)C(=O)N[C@@H](CS)C(=O)N[C@H](C(=O)N[C@@H](CS)C(=O)N[C@@H](CO)C(=O)O)[C@@H](C)O. The average molecular weight is 753 g/mol. The van der Waals surface area contributed by atoms with Crippen LogP contribution in [0.15, 0.2) is 4.99 Å². The van der Waals surface area contributed by atoms with Crippen molar-refractivity contribution in [1.29, 1.82) is 0 Å². The number of aliphatic hydroxyl groups excluding tert-OH is 2. The van der Waals surface area contributed by atoms with Crippen molar-refractivity contribution in [2.24, 2.45) is 28.1 Å². The molecule has 0 aliphatic rings. The second-order valence-corrected chi connectivity index (χ2v) is 12.5. The van der Waals surface area contributed by atoms with E-state index in [0.717, 1.165) is 0 Å². The molecule has 0 aliphatic heterocycles. The van der Waals surface area contributed by atoms with Crippen LogP contribution in [0.2, 0.25) is 0 Å². The number of aliphatic carboxylic acids is 1. The maximum Gasteiger partial charge on any atom is 0.328 e. The highest BCUT2D eigenvalue weighted by molar-refractivity contribution is 7.80. The van der Waals surface area contributed by atoms with E-state index in [0.29, 0.717) is 0 Å². The van der Waals surface area contributed by atoms with Gasteiger partial charge < -0.3 is 64.4 Å². The van der Waals surface area contributed by atoms with E-state index < -0.39 is 96.4 Å². The van der Waals surface area contributed by atoms with Gasteiger partial charge in [0.1, 0.15) is 36.3 Å². The zero-order valence-corrected chi connectivity index (χ0v) is 30.2. The first-order valence-corrected chi connectivity index (χ1v) is 16.9.